The molecule has 0 atom stereocenters. The predicted octanol–water partition coefficient (Wildman–Crippen LogP) is 3.23. The highest BCUT2D eigenvalue weighted by Gasteiger charge is 2.11. The molecule has 0 saturated heterocycles. The fourth-order valence-electron chi connectivity index (χ4n) is 1.99. The zero-order valence-electron chi connectivity index (χ0n) is 10.9. The average Bonchev–Trinajstić information content (AvgIpc) is 2.47. The first-order valence-corrected chi connectivity index (χ1v) is 7.02. The van der Waals surface area contributed by atoms with Crippen molar-refractivity contribution in [3.05, 3.63) is 58.8 Å². The Morgan fingerprint density at radius 2 is 1.90 bits per heavy atom. The molecule has 0 aliphatic rings. The Hall–Kier alpha value is -2.47. The van der Waals surface area contributed by atoms with Crippen molar-refractivity contribution in [2.24, 2.45) is 5.73 Å². The molecule has 21 heavy (non-hydrogen) atoms. The summed E-state index contributed by atoms with van der Waals surface area (Å²) in [4.78, 5) is 19.7. The molecule has 0 aliphatic heterocycles. The van der Waals surface area contributed by atoms with E-state index in [1.54, 1.807) is 0 Å². The largest absolute Gasteiger partial charge is 0.363 e. The summed E-state index contributed by atoms with van der Waals surface area (Å²) in [5.74, 6) is -0.114. The molecule has 0 saturated carbocycles. The maximum Gasteiger partial charge on any atom is 0.286 e. The lowest BCUT2D eigenvalue weighted by Crippen LogP contribution is -2.16. The highest BCUT2D eigenvalue weighted by Crippen LogP contribution is 2.25. The van der Waals surface area contributed by atoms with E-state index < -0.39 is 5.91 Å². The van der Waals surface area contributed by atoms with Crippen LogP contribution in [0.2, 0.25) is 0 Å². The lowest BCUT2D eigenvalue weighted by atomic mass is 10.2. The highest BCUT2D eigenvalue weighted by atomic mass is 79.9. The van der Waals surface area contributed by atoms with Crippen molar-refractivity contribution in [2.45, 2.75) is 0 Å². The number of para-hydroxylation sites is 1. The van der Waals surface area contributed by atoms with E-state index in [0.717, 1.165) is 15.5 Å². The zero-order chi connectivity index (χ0) is 14.8. The fraction of sp³-hybridized carbons (Fsp3) is 0. The van der Waals surface area contributed by atoms with Gasteiger partial charge in [-0.2, -0.15) is 0 Å². The van der Waals surface area contributed by atoms with Gasteiger partial charge in [0.25, 0.3) is 5.91 Å². The quantitative estimate of drug-likeness (QED) is 0.765. The first-order valence-electron chi connectivity index (χ1n) is 6.22. The van der Waals surface area contributed by atoms with Gasteiger partial charge < -0.3 is 11.1 Å². The number of benzene rings is 2. The molecular weight excluding hydrogens is 332 g/mol. The van der Waals surface area contributed by atoms with E-state index in [9.17, 15) is 4.79 Å². The third-order valence-electron chi connectivity index (χ3n) is 2.91. The standard InChI is InChI=1S/C15H11BrN4O/c16-9-4-3-5-10(8-9)18-14-11-6-1-2-7-12(11)19-15(20-14)13(17)21/h1-8H,(H2,17,21)(H,18,19,20). The first-order chi connectivity index (χ1) is 10.1. The summed E-state index contributed by atoms with van der Waals surface area (Å²) in [7, 11) is 0. The molecule has 3 aromatic rings. The van der Waals surface area contributed by atoms with Crippen LogP contribution in [0, 0.1) is 0 Å². The molecule has 0 spiro atoms. The van der Waals surface area contributed by atoms with Crippen LogP contribution in [0.15, 0.2) is 53.0 Å². The van der Waals surface area contributed by atoms with E-state index in [4.69, 9.17) is 5.73 Å². The molecule has 1 heterocycles. The van der Waals surface area contributed by atoms with Crippen LogP contribution in [0.5, 0.6) is 0 Å². The van der Waals surface area contributed by atoms with Crippen molar-refractivity contribution in [1.82, 2.24) is 9.97 Å². The van der Waals surface area contributed by atoms with Gasteiger partial charge in [-0.25, -0.2) is 9.97 Å². The number of primary amides is 1. The number of carbonyl (C=O) groups excluding carboxylic acids is 1. The molecule has 0 bridgehead atoms. The van der Waals surface area contributed by atoms with Gasteiger partial charge in [-0.15, -0.1) is 0 Å². The van der Waals surface area contributed by atoms with Crippen molar-refractivity contribution < 1.29 is 4.79 Å². The zero-order valence-corrected chi connectivity index (χ0v) is 12.5. The molecule has 0 fully saturated rings. The summed E-state index contributed by atoms with van der Waals surface area (Å²) >= 11 is 3.42. The number of nitrogens with one attached hydrogen (secondary N) is 1. The molecule has 3 N–H and O–H groups in total. The van der Waals surface area contributed by atoms with Crippen molar-refractivity contribution in [2.75, 3.05) is 5.32 Å². The molecule has 0 radical (unpaired) electrons. The summed E-state index contributed by atoms with van der Waals surface area (Å²) in [6, 6.07) is 15.1. The molecule has 6 heteroatoms. The van der Waals surface area contributed by atoms with E-state index in [1.807, 2.05) is 48.5 Å². The van der Waals surface area contributed by atoms with E-state index in [0.29, 0.717) is 11.3 Å². The molecule has 1 amide bonds. The number of hydrogen-bond acceptors (Lipinski definition) is 4. The number of amides is 1. The molecule has 104 valence electrons. The number of nitrogens with zero attached hydrogens (tertiary/aromatic N) is 2. The smallest absolute Gasteiger partial charge is 0.286 e. The van der Waals surface area contributed by atoms with Gasteiger partial charge in [-0.05, 0) is 30.3 Å². The Morgan fingerprint density at radius 1 is 1.10 bits per heavy atom. The van der Waals surface area contributed by atoms with Crippen molar-refractivity contribution in [1.29, 1.82) is 0 Å². The Labute approximate surface area is 129 Å². The van der Waals surface area contributed by atoms with Crippen LogP contribution < -0.4 is 11.1 Å². The topological polar surface area (TPSA) is 80.9 Å². The summed E-state index contributed by atoms with van der Waals surface area (Å²) < 4.78 is 0.945. The number of aromatic nitrogens is 2. The normalized spacial score (nSPS) is 10.5. The number of nitrogens with two attached hydrogens (primary N) is 1. The van der Waals surface area contributed by atoms with Gasteiger partial charge in [-0.3, -0.25) is 4.79 Å². The summed E-state index contributed by atoms with van der Waals surface area (Å²) in [6.07, 6.45) is 0. The average molecular weight is 343 g/mol. The molecule has 0 aliphatic carbocycles. The van der Waals surface area contributed by atoms with Crippen LogP contribution in [-0.4, -0.2) is 15.9 Å². The SMILES string of the molecule is NC(=O)c1nc(Nc2cccc(Br)c2)c2ccccc2n1. The Balaban J connectivity index is 2.13. The maximum absolute atomic E-state index is 11.4. The van der Waals surface area contributed by atoms with Crippen LogP contribution in [0.25, 0.3) is 10.9 Å². The lowest BCUT2D eigenvalue weighted by molar-refractivity contribution is 0.0991. The third-order valence-corrected chi connectivity index (χ3v) is 3.40. The minimum atomic E-state index is -0.655. The van der Waals surface area contributed by atoms with Crippen LogP contribution >= 0.6 is 15.9 Å². The van der Waals surface area contributed by atoms with Crippen molar-refractivity contribution >= 4 is 44.2 Å². The van der Waals surface area contributed by atoms with E-state index >= 15 is 0 Å². The minimum Gasteiger partial charge on any atom is -0.363 e. The van der Waals surface area contributed by atoms with Crippen LogP contribution in [0.4, 0.5) is 11.5 Å². The Bertz CT molecular complexity index is 835. The van der Waals surface area contributed by atoms with Gasteiger partial charge >= 0.3 is 0 Å². The molecule has 0 unspecified atom stereocenters. The summed E-state index contributed by atoms with van der Waals surface area (Å²) in [5.41, 5.74) is 6.81. The Morgan fingerprint density at radius 3 is 2.67 bits per heavy atom. The molecule has 3 rings (SSSR count). The Kier molecular flexibility index (Phi) is 3.53. The number of carbonyl (C=O) groups is 1. The van der Waals surface area contributed by atoms with Crippen LogP contribution in [-0.2, 0) is 0 Å². The van der Waals surface area contributed by atoms with Gasteiger partial charge in [-0.1, -0.05) is 34.1 Å². The van der Waals surface area contributed by atoms with E-state index in [1.165, 1.54) is 0 Å². The molecule has 2 aromatic carbocycles. The predicted molar refractivity (Wildman–Crippen MR) is 85.5 cm³/mol. The number of anilines is 2. The van der Waals surface area contributed by atoms with Crippen LogP contribution in [0.1, 0.15) is 10.6 Å². The minimum absolute atomic E-state index is 0.00815. The number of halogens is 1. The lowest BCUT2D eigenvalue weighted by Gasteiger charge is -2.10. The van der Waals surface area contributed by atoms with Gasteiger partial charge in [0, 0.05) is 15.5 Å². The maximum atomic E-state index is 11.4. The second-order valence-electron chi connectivity index (χ2n) is 4.41. The number of rotatable bonds is 3. The first kappa shape index (κ1) is 13.5. The fourth-order valence-corrected chi connectivity index (χ4v) is 2.38. The molecule has 5 nitrogen and oxygen atoms in total. The van der Waals surface area contributed by atoms with E-state index in [-0.39, 0.29) is 5.82 Å². The van der Waals surface area contributed by atoms with Crippen molar-refractivity contribution in [3.63, 3.8) is 0 Å². The molecular formula is C15H11BrN4O. The second kappa shape index (κ2) is 5.49. The van der Waals surface area contributed by atoms with Gasteiger partial charge in [0.15, 0.2) is 0 Å². The molecule has 1 aromatic heterocycles. The van der Waals surface area contributed by atoms with Gasteiger partial charge in [0.2, 0.25) is 5.82 Å². The number of hydrogen-bond donors (Lipinski definition) is 2. The summed E-state index contributed by atoms with van der Waals surface area (Å²) in [6.45, 7) is 0. The van der Waals surface area contributed by atoms with Gasteiger partial charge in [0.05, 0.1) is 5.52 Å². The monoisotopic (exact) mass is 342 g/mol. The third kappa shape index (κ3) is 2.85. The number of fused-ring (bicyclic) bond motifs is 1. The van der Waals surface area contributed by atoms with Crippen molar-refractivity contribution in [3.8, 4) is 0 Å². The summed E-state index contributed by atoms with van der Waals surface area (Å²) in [5, 5.41) is 4.02. The highest BCUT2D eigenvalue weighted by molar-refractivity contribution is 9.10. The van der Waals surface area contributed by atoms with E-state index in [2.05, 4.69) is 31.2 Å². The van der Waals surface area contributed by atoms with Gasteiger partial charge in [0.1, 0.15) is 5.82 Å². The second-order valence-corrected chi connectivity index (χ2v) is 5.33. The van der Waals surface area contributed by atoms with Crippen LogP contribution in [0.3, 0.4) is 0 Å².